The van der Waals surface area contributed by atoms with Gasteiger partial charge in [-0.25, -0.2) is 0 Å². The number of thioether (sulfide) groups is 1. The Morgan fingerprint density at radius 3 is 2.67 bits per heavy atom. The normalized spacial score (nSPS) is 16.0. The van der Waals surface area contributed by atoms with Crippen LogP contribution < -0.4 is 5.32 Å². The highest BCUT2D eigenvalue weighted by molar-refractivity contribution is 7.99. The number of benzene rings is 1. The van der Waals surface area contributed by atoms with Gasteiger partial charge in [0.15, 0.2) is 5.16 Å². The van der Waals surface area contributed by atoms with Crippen molar-refractivity contribution >= 4 is 17.7 Å². The molecule has 0 aliphatic heterocycles. The van der Waals surface area contributed by atoms with Gasteiger partial charge in [0.1, 0.15) is 11.4 Å². The number of rotatable bonds is 8. The summed E-state index contributed by atoms with van der Waals surface area (Å²) in [6.45, 7) is 6.30. The molecule has 2 aromatic rings. The van der Waals surface area contributed by atoms with Crippen LogP contribution in [0.2, 0.25) is 0 Å². The Kier molecular flexibility index (Phi) is 5.85. The minimum absolute atomic E-state index is 0.0275. The number of hydrogen-bond donors (Lipinski definition) is 1. The van der Waals surface area contributed by atoms with Crippen LogP contribution in [0.15, 0.2) is 35.5 Å². The second-order valence-corrected chi connectivity index (χ2v) is 8.43. The number of amides is 1. The standard InChI is InChI=1S/C20H25N5OS/c1-14(2)20(3,13-21)22-17(26)12-27-19-24-23-18(16-9-10-16)25(19)11-15-7-5-4-6-8-15/h4-8,14,16H,9-12H2,1-3H3,(H,22,26). The lowest BCUT2D eigenvalue weighted by Gasteiger charge is -2.27. The van der Waals surface area contributed by atoms with E-state index >= 15 is 0 Å². The second-order valence-electron chi connectivity index (χ2n) is 7.49. The molecule has 1 amide bonds. The maximum absolute atomic E-state index is 12.4. The van der Waals surface area contributed by atoms with E-state index in [1.807, 2.05) is 32.0 Å². The molecule has 1 fully saturated rings. The third-order valence-electron chi connectivity index (χ3n) is 4.99. The molecule has 1 aromatic heterocycles. The number of nitrogens with zero attached hydrogens (tertiary/aromatic N) is 4. The van der Waals surface area contributed by atoms with Crippen molar-refractivity contribution in [3.05, 3.63) is 41.7 Å². The Labute approximate surface area is 164 Å². The first-order valence-corrected chi connectivity index (χ1v) is 10.2. The van der Waals surface area contributed by atoms with E-state index in [-0.39, 0.29) is 17.6 Å². The molecule has 0 bridgehead atoms. The largest absolute Gasteiger partial charge is 0.337 e. The zero-order valence-corrected chi connectivity index (χ0v) is 16.8. The average Bonchev–Trinajstić information content (AvgIpc) is 3.42. The maximum Gasteiger partial charge on any atom is 0.231 e. The molecule has 142 valence electrons. The van der Waals surface area contributed by atoms with Gasteiger partial charge in [0.05, 0.1) is 18.4 Å². The van der Waals surface area contributed by atoms with Crippen molar-refractivity contribution in [3.63, 3.8) is 0 Å². The fourth-order valence-electron chi connectivity index (χ4n) is 2.72. The van der Waals surface area contributed by atoms with E-state index in [2.05, 4.69) is 38.3 Å². The first-order chi connectivity index (χ1) is 12.9. The van der Waals surface area contributed by atoms with Gasteiger partial charge >= 0.3 is 0 Å². The number of nitrogens with one attached hydrogen (secondary N) is 1. The Morgan fingerprint density at radius 2 is 2.07 bits per heavy atom. The first kappa shape index (κ1) is 19.4. The molecule has 27 heavy (non-hydrogen) atoms. The molecule has 6 nitrogen and oxygen atoms in total. The molecule has 7 heteroatoms. The van der Waals surface area contributed by atoms with Crippen molar-refractivity contribution in [3.8, 4) is 6.07 Å². The van der Waals surface area contributed by atoms with E-state index in [1.54, 1.807) is 6.92 Å². The molecule has 1 heterocycles. The predicted octanol–water partition coefficient (Wildman–Crippen LogP) is 3.35. The summed E-state index contributed by atoms with van der Waals surface area (Å²) in [5.41, 5.74) is 0.316. The summed E-state index contributed by atoms with van der Waals surface area (Å²) < 4.78 is 2.12. The second kappa shape index (κ2) is 8.13. The lowest BCUT2D eigenvalue weighted by molar-refractivity contribution is -0.120. The van der Waals surface area contributed by atoms with Crippen molar-refractivity contribution < 1.29 is 4.79 Å². The topological polar surface area (TPSA) is 83.6 Å². The fraction of sp³-hybridized carbons (Fsp3) is 0.500. The molecular weight excluding hydrogens is 358 g/mol. The van der Waals surface area contributed by atoms with Crippen molar-refractivity contribution in [1.29, 1.82) is 5.26 Å². The molecule has 1 N–H and O–H groups in total. The van der Waals surface area contributed by atoms with Crippen LogP contribution >= 0.6 is 11.8 Å². The highest BCUT2D eigenvalue weighted by Gasteiger charge is 2.32. The number of nitriles is 1. The van der Waals surface area contributed by atoms with Gasteiger partial charge in [-0.3, -0.25) is 4.79 Å². The van der Waals surface area contributed by atoms with E-state index in [0.29, 0.717) is 12.5 Å². The Morgan fingerprint density at radius 1 is 1.37 bits per heavy atom. The molecule has 0 saturated heterocycles. The zero-order chi connectivity index (χ0) is 19.4. The van der Waals surface area contributed by atoms with Crippen LogP contribution in [0, 0.1) is 17.2 Å². The number of hydrogen-bond acceptors (Lipinski definition) is 5. The average molecular weight is 384 g/mol. The molecule has 1 atom stereocenters. The molecule has 1 aliphatic carbocycles. The molecular formula is C20H25N5OS. The predicted molar refractivity (Wildman–Crippen MR) is 105 cm³/mol. The van der Waals surface area contributed by atoms with Crippen LogP contribution in [0.3, 0.4) is 0 Å². The molecule has 0 radical (unpaired) electrons. The molecule has 1 aliphatic rings. The van der Waals surface area contributed by atoms with Gasteiger partial charge in [-0.2, -0.15) is 5.26 Å². The minimum Gasteiger partial charge on any atom is -0.337 e. The maximum atomic E-state index is 12.4. The third-order valence-corrected chi connectivity index (χ3v) is 5.96. The van der Waals surface area contributed by atoms with Gasteiger partial charge in [0, 0.05) is 5.92 Å². The van der Waals surface area contributed by atoms with Crippen LogP contribution in [0.1, 0.15) is 50.9 Å². The van der Waals surface area contributed by atoms with E-state index in [0.717, 1.165) is 23.8 Å². The molecule has 0 spiro atoms. The summed E-state index contributed by atoms with van der Waals surface area (Å²) in [6, 6.07) is 12.4. The monoisotopic (exact) mass is 383 g/mol. The summed E-state index contributed by atoms with van der Waals surface area (Å²) in [6.07, 6.45) is 2.29. The molecule has 3 rings (SSSR count). The quantitative estimate of drug-likeness (QED) is 0.707. The van der Waals surface area contributed by atoms with Gasteiger partial charge in [0.2, 0.25) is 5.91 Å². The van der Waals surface area contributed by atoms with Crippen LogP contribution in [-0.4, -0.2) is 32.0 Å². The minimum atomic E-state index is -0.867. The zero-order valence-electron chi connectivity index (χ0n) is 16.0. The number of carbonyl (C=O) groups is 1. The Bertz CT molecular complexity index is 838. The summed E-state index contributed by atoms with van der Waals surface area (Å²) in [5, 5.41) is 21.7. The lowest BCUT2D eigenvalue weighted by Crippen LogP contribution is -2.49. The Hall–Kier alpha value is -2.33. The van der Waals surface area contributed by atoms with E-state index in [4.69, 9.17) is 0 Å². The van der Waals surface area contributed by atoms with Gasteiger partial charge in [-0.15, -0.1) is 10.2 Å². The molecule has 1 aromatic carbocycles. The van der Waals surface area contributed by atoms with Crippen LogP contribution in [0.4, 0.5) is 0 Å². The van der Waals surface area contributed by atoms with E-state index in [1.165, 1.54) is 17.3 Å². The molecule has 1 saturated carbocycles. The number of aromatic nitrogens is 3. The highest BCUT2D eigenvalue weighted by Crippen LogP contribution is 2.40. The van der Waals surface area contributed by atoms with Crippen molar-refractivity contribution in [2.45, 2.75) is 56.8 Å². The first-order valence-electron chi connectivity index (χ1n) is 9.25. The highest BCUT2D eigenvalue weighted by atomic mass is 32.2. The molecule has 1 unspecified atom stereocenters. The fourth-order valence-corrected chi connectivity index (χ4v) is 3.47. The van der Waals surface area contributed by atoms with Crippen LogP contribution in [0.5, 0.6) is 0 Å². The van der Waals surface area contributed by atoms with E-state index in [9.17, 15) is 10.1 Å². The lowest BCUT2D eigenvalue weighted by atomic mass is 9.90. The van der Waals surface area contributed by atoms with Gasteiger partial charge in [0.25, 0.3) is 0 Å². The van der Waals surface area contributed by atoms with Gasteiger partial charge < -0.3 is 9.88 Å². The van der Waals surface area contributed by atoms with Crippen molar-refractivity contribution in [1.82, 2.24) is 20.1 Å². The summed E-state index contributed by atoms with van der Waals surface area (Å²) in [4.78, 5) is 12.4. The van der Waals surface area contributed by atoms with Crippen LogP contribution in [-0.2, 0) is 11.3 Å². The van der Waals surface area contributed by atoms with Crippen LogP contribution in [0.25, 0.3) is 0 Å². The van der Waals surface area contributed by atoms with Crippen molar-refractivity contribution in [2.75, 3.05) is 5.75 Å². The Balaban J connectivity index is 1.70. The van der Waals surface area contributed by atoms with Gasteiger partial charge in [-0.1, -0.05) is 55.9 Å². The summed E-state index contributed by atoms with van der Waals surface area (Å²) in [7, 11) is 0. The SMILES string of the molecule is CC(C)C(C)(C#N)NC(=O)CSc1nnc(C2CC2)n1Cc1ccccc1. The number of carbonyl (C=O) groups excluding carboxylic acids is 1. The third kappa shape index (κ3) is 4.69. The summed E-state index contributed by atoms with van der Waals surface area (Å²) in [5.74, 6) is 1.55. The van der Waals surface area contributed by atoms with Crippen molar-refractivity contribution in [2.24, 2.45) is 5.92 Å². The van der Waals surface area contributed by atoms with Gasteiger partial charge in [-0.05, 0) is 31.2 Å². The summed E-state index contributed by atoms with van der Waals surface area (Å²) >= 11 is 1.37. The van der Waals surface area contributed by atoms with E-state index < -0.39 is 5.54 Å². The smallest absolute Gasteiger partial charge is 0.231 e.